The number of nitrogens with zero attached hydrogens (tertiary/aromatic N) is 1. The Labute approximate surface area is 130 Å². The molecule has 1 aromatic carbocycles. The second-order valence-corrected chi connectivity index (χ2v) is 5.79. The monoisotopic (exact) mass is 309 g/mol. The highest BCUT2D eigenvalue weighted by Gasteiger charge is 2.35. The molecule has 122 valence electrons. The Balaban J connectivity index is 2.29. The van der Waals surface area contributed by atoms with Gasteiger partial charge in [0.1, 0.15) is 6.04 Å². The van der Waals surface area contributed by atoms with E-state index in [-0.39, 0.29) is 11.8 Å². The van der Waals surface area contributed by atoms with Gasteiger partial charge in [-0.1, -0.05) is 25.8 Å². The molecule has 0 radical (unpaired) electrons. The normalized spacial score (nSPS) is 20.0. The van der Waals surface area contributed by atoms with Crippen molar-refractivity contribution in [2.75, 3.05) is 13.7 Å². The second kappa shape index (κ2) is 7.58. The Morgan fingerprint density at radius 3 is 2.91 bits per heavy atom. The quantitative estimate of drug-likeness (QED) is 0.836. The van der Waals surface area contributed by atoms with Gasteiger partial charge in [-0.25, -0.2) is 4.39 Å². The predicted molar refractivity (Wildman–Crippen MR) is 82.6 cm³/mol. The summed E-state index contributed by atoms with van der Waals surface area (Å²) in [6.07, 6.45) is 4.39. The molecule has 1 aliphatic rings. The largest absolute Gasteiger partial charge is 0.494 e. The number of carboxylic acids is 1. The number of aliphatic carboxylic acids is 1. The molecule has 22 heavy (non-hydrogen) atoms. The highest BCUT2D eigenvalue weighted by atomic mass is 19.1. The van der Waals surface area contributed by atoms with Gasteiger partial charge in [0.25, 0.3) is 0 Å². The minimum Gasteiger partial charge on any atom is -0.494 e. The van der Waals surface area contributed by atoms with Gasteiger partial charge >= 0.3 is 5.97 Å². The first-order chi connectivity index (χ1) is 10.6. The van der Waals surface area contributed by atoms with Crippen LogP contribution in [0.15, 0.2) is 18.2 Å². The summed E-state index contributed by atoms with van der Waals surface area (Å²) in [7, 11) is 1.44. The summed E-state index contributed by atoms with van der Waals surface area (Å²) >= 11 is 0. The van der Waals surface area contributed by atoms with E-state index in [4.69, 9.17) is 4.74 Å². The van der Waals surface area contributed by atoms with Crippen molar-refractivity contribution in [2.45, 2.75) is 51.1 Å². The van der Waals surface area contributed by atoms with Crippen molar-refractivity contribution in [3.63, 3.8) is 0 Å². The van der Waals surface area contributed by atoms with Gasteiger partial charge in [-0.2, -0.15) is 0 Å². The maximum absolute atomic E-state index is 14.0. The van der Waals surface area contributed by atoms with E-state index in [1.165, 1.54) is 13.2 Å². The van der Waals surface area contributed by atoms with E-state index in [1.54, 1.807) is 6.07 Å². The molecule has 1 aliphatic heterocycles. The highest BCUT2D eigenvalue weighted by molar-refractivity contribution is 5.73. The third-order valence-electron chi connectivity index (χ3n) is 4.37. The summed E-state index contributed by atoms with van der Waals surface area (Å²) in [6.45, 7) is 2.85. The van der Waals surface area contributed by atoms with E-state index < -0.39 is 17.8 Å². The Kier molecular flexibility index (Phi) is 5.77. The molecule has 4 nitrogen and oxygen atoms in total. The lowest BCUT2D eigenvalue weighted by atomic mass is 9.98. The summed E-state index contributed by atoms with van der Waals surface area (Å²) < 4.78 is 19.0. The summed E-state index contributed by atoms with van der Waals surface area (Å²) in [4.78, 5) is 13.5. The average Bonchev–Trinajstić information content (AvgIpc) is 2.97. The van der Waals surface area contributed by atoms with Crippen molar-refractivity contribution in [3.8, 4) is 5.75 Å². The van der Waals surface area contributed by atoms with Gasteiger partial charge in [0.2, 0.25) is 0 Å². The van der Waals surface area contributed by atoms with Crippen molar-refractivity contribution >= 4 is 5.97 Å². The third-order valence-corrected chi connectivity index (χ3v) is 4.37. The average molecular weight is 309 g/mol. The van der Waals surface area contributed by atoms with Crippen LogP contribution in [0.5, 0.6) is 5.75 Å². The van der Waals surface area contributed by atoms with Crippen molar-refractivity contribution in [1.29, 1.82) is 0 Å². The molecular weight excluding hydrogens is 285 g/mol. The van der Waals surface area contributed by atoms with Gasteiger partial charge in [0, 0.05) is 6.04 Å². The summed E-state index contributed by atoms with van der Waals surface area (Å²) in [5.41, 5.74) is 0.833. The van der Waals surface area contributed by atoms with Gasteiger partial charge in [0.05, 0.1) is 7.11 Å². The number of hydrogen-bond donors (Lipinski definition) is 1. The highest BCUT2D eigenvalue weighted by Crippen LogP contribution is 2.34. The zero-order valence-electron chi connectivity index (χ0n) is 13.2. The molecule has 0 amide bonds. The van der Waals surface area contributed by atoms with Crippen LogP contribution >= 0.6 is 0 Å². The van der Waals surface area contributed by atoms with Crippen molar-refractivity contribution < 1.29 is 19.0 Å². The molecule has 0 aliphatic carbocycles. The number of carbonyl (C=O) groups is 1. The van der Waals surface area contributed by atoms with Crippen LogP contribution in [0.4, 0.5) is 4.39 Å². The van der Waals surface area contributed by atoms with Crippen LogP contribution < -0.4 is 4.74 Å². The van der Waals surface area contributed by atoms with Crippen molar-refractivity contribution in [2.24, 2.45) is 0 Å². The second-order valence-electron chi connectivity index (χ2n) is 5.79. The zero-order chi connectivity index (χ0) is 16.1. The van der Waals surface area contributed by atoms with E-state index in [1.807, 2.05) is 11.0 Å². The van der Waals surface area contributed by atoms with Crippen LogP contribution in [0.2, 0.25) is 0 Å². The molecule has 1 N–H and O–H groups in total. The molecule has 5 heteroatoms. The number of rotatable bonds is 7. The molecule has 0 bridgehead atoms. The van der Waals surface area contributed by atoms with Crippen LogP contribution in [-0.4, -0.2) is 35.7 Å². The van der Waals surface area contributed by atoms with E-state index in [0.29, 0.717) is 6.42 Å². The predicted octanol–water partition coefficient (Wildman–Crippen LogP) is 3.61. The molecule has 2 rings (SSSR count). The van der Waals surface area contributed by atoms with Gasteiger partial charge in [-0.05, 0) is 43.5 Å². The first kappa shape index (κ1) is 16.7. The number of ether oxygens (including phenoxy) is 1. The summed E-state index contributed by atoms with van der Waals surface area (Å²) in [6, 6.07) is 4.43. The number of carboxylic acid groups (broad SMARTS) is 1. The van der Waals surface area contributed by atoms with Crippen LogP contribution in [-0.2, 0) is 4.79 Å². The Hall–Kier alpha value is -1.62. The molecule has 0 aromatic heterocycles. The van der Waals surface area contributed by atoms with Gasteiger partial charge in [-0.15, -0.1) is 0 Å². The Morgan fingerprint density at radius 1 is 1.55 bits per heavy atom. The Morgan fingerprint density at radius 2 is 2.32 bits per heavy atom. The lowest BCUT2D eigenvalue weighted by Gasteiger charge is -2.31. The van der Waals surface area contributed by atoms with Gasteiger partial charge < -0.3 is 9.84 Å². The first-order valence-corrected chi connectivity index (χ1v) is 7.90. The number of hydrogen-bond acceptors (Lipinski definition) is 3. The van der Waals surface area contributed by atoms with E-state index >= 15 is 0 Å². The smallest absolute Gasteiger partial charge is 0.320 e. The lowest BCUT2D eigenvalue weighted by Crippen LogP contribution is -2.38. The molecule has 2 unspecified atom stereocenters. The SMILES string of the molecule is CCCCC(c1ccc(OC)c(F)c1)N1CCCC1C(=O)O. The zero-order valence-corrected chi connectivity index (χ0v) is 13.2. The number of halogens is 1. The molecule has 0 spiro atoms. The van der Waals surface area contributed by atoms with Crippen LogP contribution in [0.25, 0.3) is 0 Å². The molecule has 1 saturated heterocycles. The fourth-order valence-corrected chi connectivity index (χ4v) is 3.24. The summed E-state index contributed by atoms with van der Waals surface area (Å²) in [5.74, 6) is -0.963. The minimum absolute atomic E-state index is 0.0519. The van der Waals surface area contributed by atoms with Crippen molar-refractivity contribution in [1.82, 2.24) is 4.90 Å². The topological polar surface area (TPSA) is 49.8 Å². The fourth-order valence-electron chi connectivity index (χ4n) is 3.24. The van der Waals surface area contributed by atoms with Crippen LogP contribution in [0, 0.1) is 5.82 Å². The van der Waals surface area contributed by atoms with Gasteiger partial charge in [-0.3, -0.25) is 9.69 Å². The van der Waals surface area contributed by atoms with Crippen LogP contribution in [0.3, 0.4) is 0 Å². The minimum atomic E-state index is -0.784. The number of likely N-dealkylation sites (tertiary alicyclic amines) is 1. The third kappa shape index (κ3) is 3.58. The lowest BCUT2D eigenvalue weighted by molar-refractivity contribution is -0.143. The molecule has 0 saturated carbocycles. The summed E-state index contributed by atoms with van der Waals surface area (Å²) in [5, 5.41) is 9.41. The molecule has 1 heterocycles. The Bertz CT molecular complexity index is 521. The van der Waals surface area contributed by atoms with Crippen molar-refractivity contribution in [3.05, 3.63) is 29.6 Å². The first-order valence-electron chi connectivity index (χ1n) is 7.90. The molecule has 2 atom stereocenters. The van der Waals surface area contributed by atoms with E-state index in [9.17, 15) is 14.3 Å². The van der Waals surface area contributed by atoms with E-state index in [2.05, 4.69) is 6.92 Å². The maximum atomic E-state index is 14.0. The molecule has 1 fully saturated rings. The number of unbranched alkanes of at least 4 members (excludes halogenated alkanes) is 1. The molecular formula is C17H24FNO3. The number of benzene rings is 1. The van der Waals surface area contributed by atoms with Gasteiger partial charge in [0.15, 0.2) is 11.6 Å². The van der Waals surface area contributed by atoms with E-state index in [0.717, 1.165) is 37.8 Å². The molecule has 1 aromatic rings. The number of methoxy groups -OCH3 is 1. The fraction of sp³-hybridized carbons (Fsp3) is 0.588. The standard InChI is InChI=1S/C17H24FNO3/c1-3-4-6-14(19-10-5-7-15(19)17(20)21)12-8-9-16(22-2)13(18)11-12/h8-9,11,14-15H,3-7,10H2,1-2H3,(H,20,21). The maximum Gasteiger partial charge on any atom is 0.320 e. The van der Waals surface area contributed by atoms with Crippen LogP contribution in [0.1, 0.15) is 50.6 Å².